The van der Waals surface area contributed by atoms with Crippen molar-refractivity contribution in [1.82, 2.24) is 5.01 Å². The molecule has 27 heavy (non-hydrogen) atoms. The molecule has 1 aliphatic rings. The number of ether oxygens (including phenoxy) is 1. The van der Waals surface area contributed by atoms with Crippen LogP contribution in [0.25, 0.3) is 0 Å². The minimum atomic E-state index is -5.07. The second-order valence-electron chi connectivity index (χ2n) is 6.25. The van der Waals surface area contributed by atoms with E-state index in [4.69, 9.17) is 27.9 Å². The number of hydrazone groups is 1. The lowest BCUT2D eigenvalue weighted by Crippen LogP contribution is -2.58. The van der Waals surface area contributed by atoms with Gasteiger partial charge in [0.25, 0.3) is 11.6 Å². The van der Waals surface area contributed by atoms with Crippen molar-refractivity contribution in [1.29, 1.82) is 0 Å². The number of aliphatic hydroxyl groups is 1. The van der Waals surface area contributed by atoms with E-state index in [9.17, 15) is 23.1 Å². The number of alkyl halides is 3. The molecule has 0 aromatic heterocycles. The fourth-order valence-electron chi connectivity index (χ4n) is 2.57. The largest absolute Gasteiger partial charge is 0.479 e. The standard InChI is InChI=1S/C17H19Cl2F3N2O3/c1-3-4-5-12-9-16(26,17(20,21)22)24(23-12)15(25)10(2)27-14-7-6-11(18)8-13(14)19/h6-8,10,26H,3-5,9H2,1-2H3/t10-,16+/m1/s1. The molecule has 1 aliphatic heterocycles. The average molecular weight is 427 g/mol. The Hall–Kier alpha value is -1.51. The molecule has 5 nitrogen and oxygen atoms in total. The molecule has 0 aliphatic carbocycles. The lowest BCUT2D eigenvalue weighted by atomic mass is 10.0. The lowest BCUT2D eigenvalue weighted by molar-refractivity contribution is -0.303. The zero-order chi connectivity index (χ0) is 20.4. The van der Waals surface area contributed by atoms with Crippen LogP contribution in [0.3, 0.4) is 0 Å². The third-order valence-electron chi connectivity index (χ3n) is 4.07. The number of halogens is 5. The van der Waals surface area contributed by atoms with E-state index < -0.39 is 30.3 Å². The van der Waals surface area contributed by atoms with Gasteiger partial charge in [-0.25, -0.2) is 0 Å². The highest BCUT2D eigenvalue weighted by Crippen LogP contribution is 2.41. The van der Waals surface area contributed by atoms with Crippen molar-refractivity contribution >= 4 is 34.8 Å². The summed E-state index contributed by atoms with van der Waals surface area (Å²) >= 11 is 11.7. The summed E-state index contributed by atoms with van der Waals surface area (Å²) in [6, 6.07) is 4.23. The van der Waals surface area contributed by atoms with Gasteiger partial charge in [-0.1, -0.05) is 36.5 Å². The molecule has 1 aromatic carbocycles. The molecule has 1 amide bonds. The summed E-state index contributed by atoms with van der Waals surface area (Å²) in [5, 5.41) is 14.5. The van der Waals surface area contributed by atoms with Crippen molar-refractivity contribution in [2.75, 3.05) is 0 Å². The van der Waals surface area contributed by atoms with Crippen LogP contribution in [0.5, 0.6) is 5.75 Å². The molecule has 0 fully saturated rings. The van der Waals surface area contributed by atoms with Crippen molar-refractivity contribution in [2.45, 2.75) is 57.5 Å². The maximum atomic E-state index is 13.5. The molecule has 0 bridgehead atoms. The minimum absolute atomic E-state index is 0.0758. The Morgan fingerprint density at radius 3 is 2.67 bits per heavy atom. The second kappa shape index (κ2) is 8.24. The van der Waals surface area contributed by atoms with E-state index in [-0.39, 0.29) is 27.9 Å². The molecule has 1 N–H and O–H groups in total. The predicted octanol–water partition coefficient (Wildman–Crippen LogP) is 4.79. The molecule has 2 atom stereocenters. The van der Waals surface area contributed by atoms with Crippen molar-refractivity contribution in [3.8, 4) is 5.75 Å². The van der Waals surface area contributed by atoms with E-state index >= 15 is 0 Å². The molecule has 10 heteroatoms. The normalized spacial score (nSPS) is 21.2. The SMILES string of the molecule is CCCCC1=NN(C(=O)[C@@H](C)Oc2ccc(Cl)cc2Cl)[C@@](O)(C(F)(F)F)C1. The molecule has 150 valence electrons. The fourth-order valence-corrected chi connectivity index (χ4v) is 3.03. The summed E-state index contributed by atoms with van der Waals surface area (Å²) < 4.78 is 45.7. The lowest BCUT2D eigenvalue weighted by Gasteiger charge is -2.33. The summed E-state index contributed by atoms with van der Waals surface area (Å²) in [4.78, 5) is 12.6. The number of hydrogen-bond acceptors (Lipinski definition) is 4. The molecule has 0 unspecified atom stereocenters. The van der Waals surface area contributed by atoms with E-state index in [0.717, 1.165) is 6.42 Å². The third kappa shape index (κ3) is 4.67. The summed E-state index contributed by atoms with van der Waals surface area (Å²) in [5.41, 5.74) is -3.28. The maximum absolute atomic E-state index is 13.5. The Morgan fingerprint density at radius 1 is 1.44 bits per heavy atom. The van der Waals surface area contributed by atoms with E-state index in [1.54, 1.807) is 0 Å². The number of carbonyl (C=O) groups excluding carboxylic acids is 1. The molecule has 0 spiro atoms. The van der Waals surface area contributed by atoms with Crippen LogP contribution >= 0.6 is 23.2 Å². The highest BCUT2D eigenvalue weighted by atomic mass is 35.5. The monoisotopic (exact) mass is 426 g/mol. The number of benzene rings is 1. The number of rotatable bonds is 6. The highest BCUT2D eigenvalue weighted by Gasteiger charge is 2.63. The van der Waals surface area contributed by atoms with Gasteiger partial charge in [-0.15, -0.1) is 0 Å². The first-order valence-electron chi connectivity index (χ1n) is 8.31. The van der Waals surface area contributed by atoms with Crippen LogP contribution in [0.1, 0.15) is 39.5 Å². The van der Waals surface area contributed by atoms with Crippen molar-refractivity contribution < 1.29 is 27.8 Å². The van der Waals surface area contributed by atoms with Crippen molar-refractivity contribution in [3.63, 3.8) is 0 Å². The Morgan fingerprint density at radius 2 is 2.11 bits per heavy atom. The van der Waals surface area contributed by atoms with Gasteiger partial charge in [0.15, 0.2) is 6.10 Å². The Kier molecular flexibility index (Phi) is 6.65. The first kappa shape index (κ1) is 21.8. The maximum Gasteiger partial charge on any atom is 0.438 e. The first-order valence-corrected chi connectivity index (χ1v) is 9.06. The molecule has 1 heterocycles. The van der Waals surface area contributed by atoms with Crippen LogP contribution in [-0.2, 0) is 4.79 Å². The van der Waals surface area contributed by atoms with Gasteiger partial charge in [-0.3, -0.25) is 4.79 Å². The molecule has 1 aromatic rings. The van der Waals surface area contributed by atoms with Gasteiger partial charge < -0.3 is 9.84 Å². The van der Waals surface area contributed by atoms with E-state index in [0.29, 0.717) is 11.4 Å². The van der Waals surface area contributed by atoms with Gasteiger partial charge in [0, 0.05) is 17.2 Å². The van der Waals surface area contributed by atoms with Crippen LogP contribution in [0.15, 0.2) is 23.3 Å². The zero-order valence-electron chi connectivity index (χ0n) is 14.7. The van der Waals surface area contributed by atoms with Gasteiger partial charge in [0.1, 0.15) is 5.75 Å². The van der Waals surface area contributed by atoms with Crippen molar-refractivity contribution in [3.05, 3.63) is 28.2 Å². The highest BCUT2D eigenvalue weighted by molar-refractivity contribution is 6.35. The van der Waals surface area contributed by atoms with E-state index in [1.807, 2.05) is 6.92 Å². The number of carbonyl (C=O) groups is 1. The van der Waals surface area contributed by atoms with Gasteiger partial charge in [-0.2, -0.15) is 23.3 Å². The van der Waals surface area contributed by atoms with Crippen LogP contribution in [0.4, 0.5) is 13.2 Å². The fraction of sp³-hybridized carbons (Fsp3) is 0.529. The summed E-state index contributed by atoms with van der Waals surface area (Å²) in [7, 11) is 0. The quantitative estimate of drug-likeness (QED) is 0.710. The van der Waals surface area contributed by atoms with E-state index in [2.05, 4.69) is 5.10 Å². The van der Waals surface area contributed by atoms with Crippen molar-refractivity contribution in [2.24, 2.45) is 5.10 Å². The Labute approximate surface area is 164 Å². The molecule has 0 saturated heterocycles. The second-order valence-corrected chi connectivity index (χ2v) is 7.09. The summed E-state index contributed by atoms with van der Waals surface area (Å²) in [6.07, 6.45) is -5.62. The molecular weight excluding hydrogens is 408 g/mol. The Bertz CT molecular complexity index is 743. The average Bonchev–Trinajstić information content (AvgIpc) is 2.92. The number of hydrogen-bond donors (Lipinski definition) is 1. The number of amides is 1. The van der Waals surface area contributed by atoms with E-state index in [1.165, 1.54) is 25.1 Å². The third-order valence-corrected chi connectivity index (χ3v) is 4.60. The topological polar surface area (TPSA) is 62.1 Å². The number of unbranched alkanes of at least 4 members (excludes halogenated alkanes) is 1. The van der Waals surface area contributed by atoms with Gasteiger partial charge >= 0.3 is 6.18 Å². The molecule has 2 rings (SSSR count). The van der Waals surface area contributed by atoms with Gasteiger partial charge in [-0.05, 0) is 38.0 Å². The zero-order valence-corrected chi connectivity index (χ0v) is 16.2. The Balaban J connectivity index is 2.25. The predicted molar refractivity (Wildman–Crippen MR) is 96.0 cm³/mol. The molecule has 0 saturated carbocycles. The minimum Gasteiger partial charge on any atom is -0.479 e. The smallest absolute Gasteiger partial charge is 0.438 e. The van der Waals surface area contributed by atoms with Gasteiger partial charge in [0.2, 0.25) is 0 Å². The van der Waals surface area contributed by atoms with Crippen LogP contribution < -0.4 is 4.74 Å². The summed E-state index contributed by atoms with van der Waals surface area (Å²) in [6.45, 7) is 3.13. The first-order chi connectivity index (χ1) is 12.5. The van der Waals surface area contributed by atoms with Crippen LogP contribution in [0.2, 0.25) is 10.0 Å². The molecule has 0 radical (unpaired) electrons. The summed E-state index contributed by atoms with van der Waals surface area (Å²) in [5.74, 6) is -1.06. The molecular formula is C17H19Cl2F3N2O3. The number of nitrogens with zero attached hydrogens (tertiary/aromatic N) is 2. The van der Waals surface area contributed by atoms with Crippen LogP contribution in [0, 0.1) is 0 Å². The van der Waals surface area contributed by atoms with Gasteiger partial charge in [0.05, 0.1) is 5.02 Å². The van der Waals surface area contributed by atoms with Crippen LogP contribution in [-0.4, -0.2) is 39.7 Å².